The van der Waals surface area contributed by atoms with Crippen molar-refractivity contribution in [3.05, 3.63) is 36.4 Å². The standard InChI is InChI=1S/C44H78N6O4.4ClH/c1-3-5-7-9-11-19-29-49(43(51)39(47)25-15-17-27-45)31-21-33-53-41-35-37-23-13-14-24-38(37)36-42(41)54-34-22-32-50(30-20-12-10-8-6-4-2)44(52)40(48)26-16-18-28-46;;;;/h13-14,23-24,35-36,39-40H,3-12,15-22,25-34,45-48H2,1-2H3;4*1H/t39-,40-;;;;/m0..../s1. The zero-order valence-corrected chi connectivity index (χ0v) is 39.2. The van der Waals surface area contributed by atoms with E-state index in [1.165, 1.54) is 51.4 Å². The Labute approximate surface area is 377 Å². The molecule has 2 rings (SSSR count). The van der Waals surface area contributed by atoms with Crippen LogP contribution in [0, 0.1) is 0 Å². The number of carbonyl (C=O) groups excluding carboxylic acids is 2. The minimum Gasteiger partial charge on any atom is -0.490 e. The third-order valence-electron chi connectivity index (χ3n) is 10.2. The predicted molar refractivity (Wildman–Crippen MR) is 255 cm³/mol. The van der Waals surface area contributed by atoms with Crippen LogP contribution in [0.3, 0.4) is 0 Å². The molecule has 0 aromatic heterocycles. The molecule has 2 aromatic carbocycles. The molecule has 340 valence electrons. The Morgan fingerprint density at radius 2 is 0.862 bits per heavy atom. The van der Waals surface area contributed by atoms with Crippen LogP contribution in [0.25, 0.3) is 10.8 Å². The van der Waals surface area contributed by atoms with Crippen LogP contribution in [0.5, 0.6) is 11.5 Å². The summed E-state index contributed by atoms with van der Waals surface area (Å²) in [5, 5.41) is 2.14. The van der Waals surface area contributed by atoms with E-state index >= 15 is 0 Å². The molecule has 0 radical (unpaired) electrons. The second-order valence-corrected chi connectivity index (χ2v) is 15.0. The highest BCUT2D eigenvalue weighted by Gasteiger charge is 2.22. The van der Waals surface area contributed by atoms with Gasteiger partial charge in [-0.15, -0.1) is 49.6 Å². The van der Waals surface area contributed by atoms with Crippen molar-refractivity contribution in [3.63, 3.8) is 0 Å². The Bertz CT molecular complexity index is 1190. The molecular formula is C44H82Cl4N6O4. The van der Waals surface area contributed by atoms with Crippen LogP contribution >= 0.6 is 49.6 Å². The van der Waals surface area contributed by atoms with E-state index in [1.807, 2.05) is 34.1 Å². The first-order chi connectivity index (χ1) is 26.4. The van der Waals surface area contributed by atoms with E-state index in [0.717, 1.165) is 75.2 Å². The van der Waals surface area contributed by atoms with Gasteiger partial charge in [-0.25, -0.2) is 0 Å². The van der Waals surface area contributed by atoms with Gasteiger partial charge in [0.2, 0.25) is 11.8 Å². The molecular weight excluding hydrogens is 818 g/mol. The molecule has 0 saturated carbocycles. The Balaban J connectivity index is -0.00000756. The van der Waals surface area contributed by atoms with Crippen molar-refractivity contribution in [2.45, 2.75) is 154 Å². The fourth-order valence-corrected chi connectivity index (χ4v) is 6.86. The summed E-state index contributed by atoms with van der Waals surface area (Å²) >= 11 is 0. The minimum atomic E-state index is -0.498. The number of hydrogen-bond donors (Lipinski definition) is 4. The largest absolute Gasteiger partial charge is 0.490 e. The third-order valence-corrected chi connectivity index (χ3v) is 10.2. The third kappa shape index (κ3) is 25.8. The van der Waals surface area contributed by atoms with Gasteiger partial charge in [0.25, 0.3) is 0 Å². The Morgan fingerprint density at radius 1 is 0.517 bits per heavy atom. The van der Waals surface area contributed by atoms with E-state index < -0.39 is 12.1 Å². The van der Waals surface area contributed by atoms with Crippen molar-refractivity contribution < 1.29 is 19.1 Å². The van der Waals surface area contributed by atoms with Crippen LogP contribution < -0.4 is 32.4 Å². The summed E-state index contributed by atoms with van der Waals surface area (Å²) in [7, 11) is 0. The van der Waals surface area contributed by atoms with Crippen molar-refractivity contribution in [2.24, 2.45) is 22.9 Å². The maximum Gasteiger partial charge on any atom is 0.239 e. The van der Waals surface area contributed by atoms with Gasteiger partial charge >= 0.3 is 0 Å². The molecule has 0 saturated heterocycles. The van der Waals surface area contributed by atoms with E-state index in [9.17, 15) is 9.59 Å². The highest BCUT2D eigenvalue weighted by molar-refractivity contribution is 5.86. The second-order valence-electron chi connectivity index (χ2n) is 15.0. The molecule has 14 heteroatoms. The summed E-state index contributed by atoms with van der Waals surface area (Å²) in [4.78, 5) is 30.7. The van der Waals surface area contributed by atoms with Crippen molar-refractivity contribution in [1.82, 2.24) is 9.80 Å². The van der Waals surface area contributed by atoms with E-state index in [0.29, 0.717) is 76.6 Å². The summed E-state index contributed by atoms with van der Waals surface area (Å²) in [5.41, 5.74) is 24.1. The van der Waals surface area contributed by atoms with Crippen LogP contribution in [0.4, 0.5) is 0 Å². The summed E-state index contributed by atoms with van der Waals surface area (Å²) in [6.45, 7) is 9.19. The minimum absolute atomic E-state index is 0. The van der Waals surface area contributed by atoms with Crippen LogP contribution in [0.15, 0.2) is 36.4 Å². The van der Waals surface area contributed by atoms with Crippen LogP contribution in [-0.4, -0.2) is 86.2 Å². The SMILES string of the molecule is CCCCCCCCN(CCCOc1cc2ccccc2cc1OCCCN(CCCCCCCC)C(=O)[C@@H](N)CCCCN)C(=O)[C@@H](N)CCCCN.Cl.Cl.Cl.Cl. The molecule has 0 bridgehead atoms. The molecule has 2 aromatic rings. The number of unbranched alkanes of at least 4 members (excludes halogenated alkanes) is 12. The highest BCUT2D eigenvalue weighted by Crippen LogP contribution is 2.33. The molecule has 0 heterocycles. The number of nitrogens with zero attached hydrogens (tertiary/aromatic N) is 2. The van der Waals surface area contributed by atoms with Crippen molar-refractivity contribution in [1.29, 1.82) is 0 Å². The van der Waals surface area contributed by atoms with E-state index in [-0.39, 0.29) is 61.4 Å². The fourth-order valence-electron chi connectivity index (χ4n) is 6.86. The lowest BCUT2D eigenvalue weighted by molar-refractivity contribution is -0.133. The normalized spacial score (nSPS) is 11.6. The maximum absolute atomic E-state index is 13.4. The number of benzene rings is 2. The molecule has 0 spiro atoms. The average Bonchev–Trinajstić information content (AvgIpc) is 3.18. The van der Waals surface area contributed by atoms with Crippen LogP contribution in [0.2, 0.25) is 0 Å². The molecule has 58 heavy (non-hydrogen) atoms. The van der Waals surface area contributed by atoms with Gasteiger partial charge in [0.1, 0.15) is 0 Å². The van der Waals surface area contributed by atoms with Crippen LogP contribution in [-0.2, 0) is 9.59 Å². The quantitative estimate of drug-likeness (QED) is 0.0505. The van der Waals surface area contributed by atoms with Crippen molar-refractivity contribution >= 4 is 72.2 Å². The second kappa shape index (κ2) is 39.4. The summed E-state index contributed by atoms with van der Waals surface area (Å²) in [6, 6.07) is 11.3. The summed E-state index contributed by atoms with van der Waals surface area (Å²) in [6.07, 6.45) is 20.2. The van der Waals surface area contributed by atoms with Gasteiger partial charge in [0.05, 0.1) is 25.3 Å². The molecule has 10 nitrogen and oxygen atoms in total. The summed E-state index contributed by atoms with van der Waals surface area (Å²) in [5.74, 6) is 1.41. The Hall–Kier alpha value is -1.76. The van der Waals surface area contributed by atoms with E-state index in [4.69, 9.17) is 32.4 Å². The molecule has 8 N–H and O–H groups in total. The van der Waals surface area contributed by atoms with E-state index in [1.54, 1.807) is 0 Å². The number of hydrogen-bond acceptors (Lipinski definition) is 8. The monoisotopic (exact) mass is 899 g/mol. The number of ether oxygens (including phenoxy) is 2. The molecule has 2 amide bonds. The van der Waals surface area contributed by atoms with Gasteiger partial charge in [0, 0.05) is 26.2 Å². The zero-order chi connectivity index (χ0) is 39.2. The van der Waals surface area contributed by atoms with E-state index in [2.05, 4.69) is 26.0 Å². The van der Waals surface area contributed by atoms with Gasteiger partial charge in [-0.05, 0) is 87.4 Å². The molecule has 0 fully saturated rings. The smallest absolute Gasteiger partial charge is 0.239 e. The molecule has 2 atom stereocenters. The number of amides is 2. The summed E-state index contributed by atoms with van der Waals surface area (Å²) < 4.78 is 12.8. The first-order valence-corrected chi connectivity index (χ1v) is 21.6. The van der Waals surface area contributed by atoms with Crippen molar-refractivity contribution in [3.8, 4) is 11.5 Å². The van der Waals surface area contributed by atoms with Gasteiger partial charge in [-0.2, -0.15) is 0 Å². The lowest BCUT2D eigenvalue weighted by Gasteiger charge is -2.26. The topological polar surface area (TPSA) is 163 Å². The first-order valence-electron chi connectivity index (χ1n) is 21.6. The highest BCUT2D eigenvalue weighted by atomic mass is 35.5. The van der Waals surface area contributed by atoms with Gasteiger partial charge in [-0.3, -0.25) is 9.59 Å². The van der Waals surface area contributed by atoms with Crippen molar-refractivity contribution in [2.75, 3.05) is 52.5 Å². The van der Waals surface area contributed by atoms with Crippen LogP contribution in [0.1, 0.15) is 142 Å². The Kier molecular flexibility index (Phi) is 41.1. The lowest BCUT2D eigenvalue weighted by Crippen LogP contribution is -2.45. The first kappa shape index (κ1) is 60.5. The number of halogens is 4. The molecule has 0 aliphatic heterocycles. The maximum atomic E-state index is 13.4. The van der Waals surface area contributed by atoms with Gasteiger partial charge in [-0.1, -0.05) is 115 Å². The fraction of sp³-hybridized carbons (Fsp3) is 0.727. The number of carbonyl (C=O) groups is 2. The van der Waals surface area contributed by atoms with Gasteiger partial charge in [0.15, 0.2) is 11.5 Å². The number of nitrogens with two attached hydrogens (primary N) is 4. The number of fused-ring (bicyclic) bond motifs is 1. The predicted octanol–water partition coefficient (Wildman–Crippen LogP) is 9.36. The molecule has 0 aliphatic carbocycles. The molecule has 0 aliphatic rings. The number of rotatable bonds is 34. The zero-order valence-electron chi connectivity index (χ0n) is 35.9. The lowest BCUT2D eigenvalue weighted by atomic mass is 10.1. The molecule has 0 unspecified atom stereocenters. The average molecular weight is 901 g/mol. The Morgan fingerprint density at radius 3 is 1.22 bits per heavy atom. The van der Waals surface area contributed by atoms with Gasteiger partial charge < -0.3 is 42.2 Å².